The number of halogens is 1. The van der Waals surface area contributed by atoms with Crippen LogP contribution in [0.2, 0.25) is 5.15 Å². The third-order valence-electron chi connectivity index (χ3n) is 2.48. The molecule has 72 valence electrons. The molecule has 2 aromatic rings. The molecule has 3 rings (SSSR count). The van der Waals surface area contributed by atoms with Crippen LogP contribution in [-0.2, 0) is 12.2 Å². The van der Waals surface area contributed by atoms with Crippen molar-refractivity contribution in [2.45, 2.75) is 12.2 Å². The number of aromatic amines is 1. The topological polar surface area (TPSA) is 41.6 Å². The smallest absolute Gasteiger partial charge is 0.142 e. The zero-order valence-electron chi connectivity index (χ0n) is 7.38. The molecule has 14 heavy (non-hydrogen) atoms. The summed E-state index contributed by atoms with van der Waals surface area (Å²) < 4.78 is 0. The van der Waals surface area contributed by atoms with E-state index in [9.17, 15) is 0 Å². The standard InChI is InChI=1S/C9H8ClN3S/c10-8-7-5-3-14-2-1-6(5)13-9(7)12-4-11-8/h4H,1-3H2,(H,11,12,13). The first-order chi connectivity index (χ1) is 6.86. The molecule has 3 heterocycles. The van der Waals surface area contributed by atoms with E-state index in [-0.39, 0.29) is 0 Å². The molecular weight excluding hydrogens is 218 g/mol. The summed E-state index contributed by atoms with van der Waals surface area (Å²) in [6.07, 6.45) is 2.58. The van der Waals surface area contributed by atoms with Crippen molar-refractivity contribution in [3.8, 4) is 0 Å². The van der Waals surface area contributed by atoms with Crippen molar-refractivity contribution in [2.24, 2.45) is 0 Å². The summed E-state index contributed by atoms with van der Waals surface area (Å²) >= 11 is 7.99. The molecule has 5 heteroatoms. The minimum Gasteiger partial charge on any atom is -0.343 e. The quantitative estimate of drug-likeness (QED) is 0.700. The third-order valence-corrected chi connectivity index (χ3v) is 3.75. The summed E-state index contributed by atoms with van der Waals surface area (Å²) in [6, 6.07) is 0. The van der Waals surface area contributed by atoms with Crippen LogP contribution < -0.4 is 0 Å². The summed E-state index contributed by atoms with van der Waals surface area (Å²) in [6.45, 7) is 0. The summed E-state index contributed by atoms with van der Waals surface area (Å²) in [5.41, 5.74) is 3.44. The van der Waals surface area contributed by atoms with E-state index in [4.69, 9.17) is 11.6 Å². The zero-order chi connectivity index (χ0) is 9.54. The lowest BCUT2D eigenvalue weighted by atomic mass is 10.2. The molecule has 1 N–H and O–H groups in total. The molecule has 1 aliphatic heterocycles. The van der Waals surface area contributed by atoms with Crippen LogP contribution >= 0.6 is 23.4 Å². The van der Waals surface area contributed by atoms with Gasteiger partial charge in [-0.3, -0.25) is 0 Å². The van der Waals surface area contributed by atoms with Crippen molar-refractivity contribution in [1.82, 2.24) is 15.0 Å². The van der Waals surface area contributed by atoms with Gasteiger partial charge in [0.15, 0.2) is 0 Å². The Morgan fingerprint density at radius 2 is 2.36 bits per heavy atom. The lowest BCUT2D eigenvalue weighted by Crippen LogP contribution is -2.00. The molecule has 0 saturated heterocycles. The van der Waals surface area contributed by atoms with Crippen LogP contribution in [-0.4, -0.2) is 20.7 Å². The monoisotopic (exact) mass is 225 g/mol. The van der Waals surface area contributed by atoms with E-state index >= 15 is 0 Å². The molecule has 2 aromatic heterocycles. The fourth-order valence-electron chi connectivity index (χ4n) is 1.82. The van der Waals surface area contributed by atoms with Crippen LogP contribution in [0.15, 0.2) is 6.33 Å². The summed E-state index contributed by atoms with van der Waals surface area (Å²) in [5, 5.41) is 1.58. The van der Waals surface area contributed by atoms with Gasteiger partial charge in [-0.15, -0.1) is 0 Å². The van der Waals surface area contributed by atoms with Gasteiger partial charge >= 0.3 is 0 Å². The molecule has 0 saturated carbocycles. The van der Waals surface area contributed by atoms with Gasteiger partial charge in [-0.05, 0) is 17.7 Å². The Morgan fingerprint density at radius 3 is 3.29 bits per heavy atom. The van der Waals surface area contributed by atoms with E-state index in [1.54, 1.807) is 0 Å². The van der Waals surface area contributed by atoms with Crippen LogP contribution in [0.4, 0.5) is 0 Å². The Kier molecular flexibility index (Phi) is 1.92. The van der Waals surface area contributed by atoms with Crippen LogP contribution in [0.5, 0.6) is 0 Å². The van der Waals surface area contributed by atoms with E-state index in [1.165, 1.54) is 23.3 Å². The molecule has 0 unspecified atom stereocenters. The van der Waals surface area contributed by atoms with Crippen molar-refractivity contribution in [3.63, 3.8) is 0 Å². The fourth-order valence-corrected chi connectivity index (χ4v) is 3.08. The maximum absolute atomic E-state index is 6.05. The number of thioether (sulfide) groups is 1. The number of fused-ring (bicyclic) bond motifs is 3. The van der Waals surface area contributed by atoms with Gasteiger partial charge in [0.1, 0.15) is 17.1 Å². The number of rotatable bonds is 0. The normalized spacial score (nSPS) is 15.8. The van der Waals surface area contributed by atoms with Crippen LogP contribution in [0.3, 0.4) is 0 Å². The molecule has 0 bridgehead atoms. The second-order valence-corrected chi connectivity index (χ2v) is 4.74. The Labute approximate surface area is 90.3 Å². The molecule has 0 spiro atoms. The van der Waals surface area contributed by atoms with Gasteiger partial charge in [0.05, 0.1) is 5.39 Å². The average molecular weight is 226 g/mol. The van der Waals surface area contributed by atoms with Gasteiger partial charge in [-0.1, -0.05) is 11.6 Å². The number of hydrogen-bond acceptors (Lipinski definition) is 3. The van der Waals surface area contributed by atoms with E-state index in [2.05, 4.69) is 15.0 Å². The van der Waals surface area contributed by atoms with Crippen molar-refractivity contribution < 1.29 is 0 Å². The summed E-state index contributed by atoms with van der Waals surface area (Å²) in [7, 11) is 0. The number of nitrogens with zero attached hydrogens (tertiary/aromatic N) is 2. The third kappa shape index (κ3) is 1.14. The minimum absolute atomic E-state index is 0.565. The Balaban J connectivity index is 2.38. The number of aromatic nitrogens is 3. The Bertz CT molecular complexity index is 494. The molecule has 1 aliphatic rings. The van der Waals surface area contributed by atoms with Gasteiger partial charge < -0.3 is 4.98 Å². The lowest BCUT2D eigenvalue weighted by molar-refractivity contribution is 1.03. The Morgan fingerprint density at radius 1 is 1.43 bits per heavy atom. The molecule has 0 atom stereocenters. The fraction of sp³-hybridized carbons (Fsp3) is 0.333. The molecule has 0 radical (unpaired) electrons. The second-order valence-electron chi connectivity index (χ2n) is 3.27. The van der Waals surface area contributed by atoms with Gasteiger partial charge in [0, 0.05) is 11.4 Å². The maximum Gasteiger partial charge on any atom is 0.142 e. The van der Waals surface area contributed by atoms with Gasteiger partial charge in [0.25, 0.3) is 0 Å². The number of nitrogens with one attached hydrogen (secondary N) is 1. The summed E-state index contributed by atoms with van der Waals surface area (Å²) in [5.74, 6) is 2.19. The Hall–Kier alpha value is -0.740. The lowest BCUT2D eigenvalue weighted by Gasteiger charge is -2.09. The highest BCUT2D eigenvalue weighted by Gasteiger charge is 2.18. The van der Waals surface area contributed by atoms with Crippen molar-refractivity contribution >= 4 is 34.4 Å². The van der Waals surface area contributed by atoms with Crippen LogP contribution in [0.25, 0.3) is 11.0 Å². The average Bonchev–Trinajstić information content (AvgIpc) is 2.57. The molecular formula is C9H8ClN3S. The molecule has 0 fully saturated rings. The SMILES string of the molecule is Clc1ncnc2[nH]c3c(c12)CSCC3. The minimum atomic E-state index is 0.565. The van der Waals surface area contributed by atoms with Crippen LogP contribution in [0.1, 0.15) is 11.3 Å². The predicted molar refractivity (Wildman–Crippen MR) is 58.8 cm³/mol. The second kappa shape index (κ2) is 3.14. The predicted octanol–water partition coefficient (Wildman–Crippen LogP) is 2.40. The number of aryl methyl sites for hydroxylation is 1. The molecule has 0 aliphatic carbocycles. The summed E-state index contributed by atoms with van der Waals surface area (Å²) in [4.78, 5) is 11.5. The highest BCUT2D eigenvalue weighted by molar-refractivity contribution is 7.98. The molecule has 0 aromatic carbocycles. The number of H-pyrrole nitrogens is 1. The van der Waals surface area contributed by atoms with Crippen LogP contribution in [0, 0.1) is 0 Å². The van der Waals surface area contributed by atoms with Crippen molar-refractivity contribution in [1.29, 1.82) is 0 Å². The van der Waals surface area contributed by atoms with E-state index in [0.717, 1.165) is 23.2 Å². The van der Waals surface area contributed by atoms with E-state index in [0.29, 0.717) is 5.15 Å². The van der Waals surface area contributed by atoms with Gasteiger partial charge in [0.2, 0.25) is 0 Å². The highest BCUT2D eigenvalue weighted by atomic mass is 35.5. The van der Waals surface area contributed by atoms with Gasteiger partial charge in [-0.25, -0.2) is 9.97 Å². The zero-order valence-corrected chi connectivity index (χ0v) is 8.95. The first kappa shape index (κ1) is 8.56. The number of hydrogen-bond donors (Lipinski definition) is 1. The van der Waals surface area contributed by atoms with E-state index in [1.807, 2.05) is 11.8 Å². The van der Waals surface area contributed by atoms with Gasteiger partial charge in [-0.2, -0.15) is 11.8 Å². The first-order valence-electron chi connectivity index (χ1n) is 4.44. The largest absolute Gasteiger partial charge is 0.343 e. The molecule has 3 nitrogen and oxygen atoms in total. The highest BCUT2D eigenvalue weighted by Crippen LogP contribution is 2.33. The van der Waals surface area contributed by atoms with E-state index < -0.39 is 0 Å². The van der Waals surface area contributed by atoms with Crippen molar-refractivity contribution in [3.05, 3.63) is 22.7 Å². The van der Waals surface area contributed by atoms with Crippen molar-refractivity contribution in [2.75, 3.05) is 5.75 Å². The first-order valence-corrected chi connectivity index (χ1v) is 5.97. The molecule has 0 amide bonds. The maximum atomic E-state index is 6.05.